The van der Waals surface area contributed by atoms with Crippen molar-refractivity contribution in [3.63, 3.8) is 0 Å². The number of unbranched alkanes of at least 4 members (excludes halogenated alkanes) is 1. The van der Waals surface area contributed by atoms with Crippen molar-refractivity contribution < 1.29 is 9.18 Å². The highest BCUT2D eigenvalue weighted by atomic mass is 19.1. The summed E-state index contributed by atoms with van der Waals surface area (Å²) in [7, 11) is 0. The molecule has 1 aromatic rings. The van der Waals surface area contributed by atoms with E-state index in [1.165, 1.54) is 12.1 Å². The second-order valence-corrected chi connectivity index (χ2v) is 5.43. The summed E-state index contributed by atoms with van der Waals surface area (Å²) >= 11 is 0. The fraction of sp³-hybridized carbons (Fsp3) is 0.588. The standard InChI is InChI=1S/C17H27FN2O/c1-4-6-7-16(14-8-10-15(18)11-9-14)20-13(3)17(21)19-12-5-2/h8-11,13,16,20H,4-7,12H2,1-3H3,(H,19,21). The van der Waals surface area contributed by atoms with Crippen molar-refractivity contribution in [2.24, 2.45) is 0 Å². The molecule has 1 amide bonds. The number of benzene rings is 1. The zero-order valence-corrected chi connectivity index (χ0v) is 13.3. The average molecular weight is 294 g/mol. The van der Waals surface area contributed by atoms with Crippen molar-refractivity contribution in [1.82, 2.24) is 10.6 Å². The summed E-state index contributed by atoms with van der Waals surface area (Å²) in [6.45, 7) is 6.73. The Morgan fingerprint density at radius 2 is 1.86 bits per heavy atom. The van der Waals surface area contributed by atoms with E-state index in [-0.39, 0.29) is 23.8 Å². The maximum Gasteiger partial charge on any atom is 0.236 e. The highest BCUT2D eigenvalue weighted by Gasteiger charge is 2.18. The van der Waals surface area contributed by atoms with Crippen LogP contribution in [-0.4, -0.2) is 18.5 Å². The quantitative estimate of drug-likeness (QED) is 0.731. The first kappa shape index (κ1) is 17.6. The number of carbonyl (C=O) groups is 1. The Morgan fingerprint density at radius 1 is 1.19 bits per heavy atom. The predicted molar refractivity (Wildman–Crippen MR) is 84.6 cm³/mol. The van der Waals surface area contributed by atoms with Crippen LogP contribution in [0.15, 0.2) is 24.3 Å². The molecule has 0 heterocycles. The number of halogens is 1. The first-order chi connectivity index (χ1) is 10.1. The van der Waals surface area contributed by atoms with E-state index in [2.05, 4.69) is 17.6 Å². The van der Waals surface area contributed by atoms with Gasteiger partial charge in [0.15, 0.2) is 0 Å². The van der Waals surface area contributed by atoms with Gasteiger partial charge in [0.2, 0.25) is 5.91 Å². The zero-order valence-electron chi connectivity index (χ0n) is 13.3. The first-order valence-corrected chi connectivity index (χ1v) is 7.87. The zero-order chi connectivity index (χ0) is 15.7. The van der Waals surface area contributed by atoms with E-state index in [1.807, 2.05) is 13.8 Å². The fourth-order valence-electron chi connectivity index (χ4n) is 2.23. The Kier molecular flexibility index (Phi) is 7.98. The molecule has 0 saturated carbocycles. The molecular weight excluding hydrogens is 267 g/mol. The molecule has 0 radical (unpaired) electrons. The maximum atomic E-state index is 13.0. The lowest BCUT2D eigenvalue weighted by atomic mass is 10.00. The van der Waals surface area contributed by atoms with E-state index in [1.54, 1.807) is 12.1 Å². The van der Waals surface area contributed by atoms with Gasteiger partial charge < -0.3 is 5.32 Å². The van der Waals surface area contributed by atoms with Gasteiger partial charge in [-0.3, -0.25) is 10.1 Å². The molecule has 21 heavy (non-hydrogen) atoms. The van der Waals surface area contributed by atoms with Crippen molar-refractivity contribution >= 4 is 5.91 Å². The first-order valence-electron chi connectivity index (χ1n) is 7.87. The van der Waals surface area contributed by atoms with Crippen LogP contribution in [0, 0.1) is 5.82 Å². The molecule has 1 aromatic carbocycles. The normalized spacial score (nSPS) is 13.7. The molecule has 0 aliphatic heterocycles. The van der Waals surface area contributed by atoms with Crippen LogP contribution >= 0.6 is 0 Å². The van der Waals surface area contributed by atoms with E-state index in [0.29, 0.717) is 6.54 Å². The number of amides is 1. The van der Waals surface area contributed by atoms with Crippen molar-refractivity contribution in [2.45, 2.75) is 58.5 Å². The molecule has 0 aliphatic rings. The lowest BCUT2D eigenvalue weighted by Gasteiger charge is -2.23. The lowest BCUT2D eigenvalue weighted by molar-refractivity contribution is -0.122. The highest BCUT2D eigenvalue weighted by Crippen LogP contribution is 2.20. The Morgan fingerprint density at radius 3 is 2.43 bits per heavy atom. The topological polar surface area (TPSA) is 41.1 Å². The second-order valence-electron chi connectivity index (χ2n) is 5.43. The maximum absolute atomic E-state index is 13.0. The van der Waals surface area contributed by atoms with Crippen LogP contribution in [0.3, 0.4) is 0 Å². The Hall–Kier alpha value is -1.42. The monoisotopic (exact) mass is 294 g/mol. The number of carbonyl (C=O) groups excluding carboxylic acids is 1. The van der Waals surface area contributed by atoms with Crippen molar-refractivity contribution in [1.29, 1.82) is 0 Å². The molecule has 0 aliphatic carbocycles. The van der Waals surface area contributed by atoms with E-state index in [9.17, 15) is 9.18 Å². The minimum atomic E-state index is -0.261. The highest BCUT2D eigenvalue weighted by molar-refractivity contribution is 5.81. The summed E-state index contributed by atoms with van der Waals surface area (Å²) in [6.07, 6.45) is 4.03. The molecule has 0 bridgehead atoms. The van der Waals surface area contributed by atoms with Gasteiger partial charge in [0.05, 0.1) is 6.04 Å². The summed E-state index contributed by atoms with van der Waals surface area (Å²) in [5.74, 6) is -0.220. The molecule has 0 aromatic heterocycles. The molecule has 0 spiro atoms. The van der Waals surface area contributed by atoms with Crippen molar-refractivity contribution in [3.8, 4) is 0 Å². The van der Waals surface area contributed by atoms with Gasteiger partial charge in [0, 0.05) is 12.6 Å². The molecule has 1 rings (SSSR count). The van der Waals surface area contributed by atoms with Crippen LogP contribution in [0.25, 0.3) is 0 Å². The number of hydrogen-bond donors (Lipinski definition) is 2. The third kappa shape index (κ3) is 6.25. The Balaban J connectivity index is 2.69. The van der Waals surface area contributed by atoms with Crippen LogP contribution in [0.1, 0.15) is 58.1 Å². The van der Waals surface area contributed by atoms with Crippen LogP contribution in [0.5, 0.6) is 0 Å². The van der Waals surface area contributed by atoms with E-state index >= 15 is 0 Å². The van der Waals surface area contributed by atoms with Gasteiger partial charge >= 0.3 is 0 Å². The molecule has 118 valence electrons. The molecule has 0 saturated heterocycles. The molecule has 3 nitrogen and oxygen atoms in total. The third-order valence-corrected chi connectivity index (χ3v) is 3.51. The molecule has 0 fully saturated rings. The molecule has 4 heteroatoms. The Bertz CT molecular complexity index is 419. The van der Waals surface area contributed by atoms with E-state index < -0.39 is 0 Å². The lowest BCUT2D eigenvalue weighted by Crippen LogP contribution is -2.43. The fourth-order valence-corrected chi connectivity index (χ4v) is 2.23. The van der Waals surface area contributed by atoms with Crippen LogP contribution < -0.4 is 10.6 Å². The Labute approximate surface area is 127 Å². The van der Waals surface area contributed by atoms with Gasteiger partial charge in [-0.15, -0.1) is 0 Å². The number of rotatable bonds is 9. The summed E-state index contributed by atoms with van der Waals surface area (Å²) in [4.78, 5) is 12.0. The van der Waals surface area contributed by atoms with Crippen LogP contribution in [0.4, 0.5) is 4.39 Å². The van der Waals surface area contributed by atoms with Gasteiger partial charge in [-0.1, -0.05) is 38.8 Å². The largest absolute Gasteiger partial charge is 0.355 e. The van der Waals surface area contributed by atoms with Crippen LogP contribution in [-0.2, 0) is 4.79 Å². The van der Waals surface area contributed by atoms with Gasteiger partial charge in [0.1, 0.15) is 5.82 Å². The predicted octanol–water partition coefficient (Wildman–Crippen LogP) is 3.56. The minimum absolute atomic E-state index is 0.0143. The second kappa shape index (κ2) is 9.50. The minimum Gasteiger partial charge on any atom is -0.355 e. The van der Waals surface area contributed by atoms with Gasteiger partial charge in [-0.25, -0.2) is 4.39 Å². The van der Waals surface area contributed by atoms with Crippen LogP contribution in [0.2, 0.25) is 0 Å². The summed E-state index contributed by atoms with van der Waals surface area (Å²) in [5, 5.41) is 6.25. The number of hydrogen-bond acceptors (Lipinski definition) is 2. The smallest absolute Gasteiger partial charge is 0.236 e. The van der Waals surface area contributed by atoms with Crippen molar-refractivity contribution in [3.05, 3.63) is 35.6 Å². The average Bonchev–Trinajstić information content (AvgIpc) is 2.49. The van der Waals surface area contributed by atoms with Gasteiger partial charge in [-0.2, -0.15) is 0 Å². The summed E-state index contributed by atoms with van der Waals surface area (Å²) in [6, 6.07) is 6.34. The molecule has 2 N–H and O–H groups in total. The van der Waals surface area contributed by atoms with Crippen molar-refractivity contribution in [2.75, 3.05) is 6.54 Å². The molecular formula is C17H27FN2O. The molecule has 2 atom stereocenters. The van der Waals surface area contributed by atoms with E-state index in [0.717, 1.165) is 31.2 Å². The summed E-state index contributed by atoms with van der Waals surface area (Å²) in [5.41, 5.74) is 1.03. The SMILES string of the molecule is CCCCC(NC(C)C(=O)NCCC)c1ccc(F)cc1. The van der Waals surface area contributed by atoms with Gasteiger partial charge in [-0.05, 0) is 37.5 Å². The molecule has 2 unspecified atom stereocenters. The third-order valence-electron chi connectivity index (χ3n) is 3.51. The van der Waals surface area contributed by atoms with E-state index in [4.69, 9.17) is 0 Å². The van der Waals surface area contributed by atoms with Gasteiger partial charge in [0.25, 0.3) is 0 Å². The number of nitrogens with one attached hydrogen (secondary N) is 2. The summed E-state index contributed by atoms with van der Waals surface area (Å²) < 4.78 is 13.0.